The molecular weight excluding hydrogens is 440 g/mol. The van der Waals surface area contributed by atoms with Crippen LogP contribution in [0, 0.1) is 20.8 Å². The van der Waals surface area contributed by atoms with Gasteiger partial charge in [-0.15, -0.1) is 0 Å². The molecule has 0 atom stereocenters. The average molecular weight is 463 g/mol. The molecule has 0 saturated heterocycles. The van der Waals surface area contributed by atoms with Crippen LogP contribution in [0.15, 0.2) is 58.6 Å². The van der Waals surface area contributed by atoms with Crippen molar-refractivity contribution in [1.82, 2.24) is 9.97 Å². The molecule has 11 heteroatoms. The van der Waals surface area contributed by atoms with Crippen LogP contribution in [0.1, 0.15) is 16.7 Å². The van der Waals surface area contributed by atoms with Gasteiger partial charge in [0.1, 0.15) is 12.1 Å². The summed E-state index contributed by atoms with van der Waals surface area (Å²) in [7, 11) is -6.38. The Morgan fingerprint density at radius 3 is 2.00 bits per heavy atom. The maximum Gasteiger partial charge on any atom is 0.263 e. The lowest BCUT2D eigenvalue weighted by Gasteiger charge is -2.14. The summed E-state index contributed by atoms with van der Waals surface area (Å²) in [5.41, 5.74) is 2.47. The van der Waals surface area contributed by atoms with Crippen LogP contribution >= 0.6 is 0 Å². The number of aromatic nitrogens is 2. The van der Waals surface area contributed by atoms with Crippen molar-refractivity contribution in [3.8, 4) is 5.88 Å². The summed E-state index contributed by atoms with van der Waals surface area (Å²) in [6, 6.07) is 10.3. The fraction of sp³-hybridized carbons (Fsp3) is 0.200. The molecular formula is C20H22N4O5S2. The second kappa shape index (κ2) is 8.52. The van der Waals surface area contributed by atoms with Crippen LogP contribution < -0.4 is 14.2 Å². The van der Waals surface area contributed by atoms with Gasteiger partial charge in [-0.2, -0.15) is 0 Å². The van der Waals surface area contributed by atoms with Crippen molar-refractivity contribution in [2.45, 2.75) is 30.6 Å². The van der Waals surface area contributed by atoms with Crippen LogP contribution in [0.2, 0.25) is 0 Å². The highest BCUT2D eigenvalue weighted by Gasteiger charge is 2.21. The quantitative estimate of drug-likeness (QED) is 0.552. The third kappa shape index (κ3) is 5.12. The van der Waals surface area contributed by atoms with E-state index in [2.05, 4.69) is 19.4 Å². The van der Waals surface area contributed by atoms with Gasteiger partial charge >= 0.3 is 0 Å². The Bertz CT molecular complexity index is 1300. The van der Waals surface area contributed by atoms with Gasteiger partial charge < -0.3 is 4.74 Å². The van der Waals surface area contributed by atoms with Gasteiger partial charge in [0.25, 0.3) is 20.0 Å². The fourth-order valence-corrected chi connectivity index (χ4v) is 5.72. The van der Waals surface area contributed by atoms with Crippen molar-refractivity contribution in [3.63, 3.8) is 0 Å². The second-order valence-corrected chi connectivity index (χ2v) is 10.2. The Morgan fingerprint density at radius 1 is 0.806 bits per heavy atom. The first-order valence-electron chi connectivity index (χ1n) is 9.11. The SMILES string of the molecule is COc1cc(NS(=O)(=O)c2ccc(NS(=O)(=O)c3c(C)cc(C)cc3C)cc2)ncn1. The highest BCUT2D eigenvalue weighted by molar-refractivity contribution is 7.93. The van der Waals surface area contributed by atoms with E-state index >= 15 is 0 Å². The molecule has 0 radical (unpaired) electrons. The fourth-order valence-electron chi connectivity index (χ4n) is 3.20. The lowest BCUT2D eigenvalue weighted by atomic mass is 10.1. The summed E-state index contributed by atoms with van der Waals surface area (Å²) >= 11 is 0. The van der Waals surface area contributed by atoms with E-state index in [1.165, 1.54) is 43.8 Å². The van der Waals surface area contributed by atoms with Gasteiger partial charge in [-0.1, -0.05) is 17.7 Å². The van der Waals surface area contributed by atoms with E-state index in [1.807, 2.05) is 6.92 Å². The van der Waals surface area contributed by atoms with E-state index in [-0.39, 0.29) is 27.2 Å². The zero-order valence-corrected chi connectivity index (χ0v) is 19.0. The zero-order chi connectivity index (χ0) is 22.8. The van der Waals surface area contributed by atoms with Crippen LogP contribution in [0.3, 0.4) is 0 Å². The highest BCUT2D eigenvalue weighted by Crippen LogP contribution is 2.25. The smallest absolute Gasteiger partial charge is 0.263 e. The van der Waals surface area contributed by atoms with Gasteiger partial charge in [0.15, 0.2) is 0 Å². The van der Waals surface area contributed by atoms with E-state index in [1.54, 1.807) is 26.0 Å². The van der Waals surface area contributed by atoms with Gasteiger partial charge in [-0.05, 0) is 56.2 Å². The summed E-state index contributed by atoms with van der Waals surface area (Å²) in [6.07, 6.45) is 1.17. The number of sulfonamides is 2. The maximum absolute atomic E-state index is 12.9. The molecule has 0 bridgehead atoms. The lowest BCUT2D eigenvalue weighted by Crippen LogP contribution is -2.16. The number of nitrogens with zero attached hydrogens (tertiary/aromatic N) is 2. The van der Waals surface area contributed by atoms with Crippen LogP contribution in [0.4, 0.5) is 11.5 Å². The molecule has 0 aliphatic rings. The lowest BCUT2D eigenvalue weighted by molar-refractivity contribution is 0.397. The molecule has 3 rings (SSSR count). The molecule has 2 aromatic carbocycles. The predicted molar refractivity (Wildman–Crippen MR) is 117 cm³/mol. The number of hydrogen-bond donors (Lipinski definition) is 2. The van der Waals surface area contributed by atoms with Crippen molar-refractivity contribution in [3.05, 3.63) is 65.5 Å². The van der Waals surface area contributed by atoms with Gasteiger partial charge in [-0.25, -0.2) is 26.8 Å². The molecule has 0 saturated carbocycles. The molecule has 9 nitrogen and oxygen atoms in total. The van der Waals surface area contributed by atoms with Crippen LogP contribution in [-0.2, 0) is 20.0 Å². The molecule has 0 spiro atoms. The largest absolute Gasteiger partial charge is 0.481 e. The molecule has 1 aromatic heterocycles. The van der Waals surface area contributed by atoms with E-state index in [0.29, 0.717) is 11.1 Å². The number of ether oxygens (including phenoxy) is 1. The number of aryl methyl sites for hydroxylation is 3. The van der Waals surface area contributed by atoms with E-state index in [0.717, 1.165) is 5.56 Å². The first-order chi connectivity index (χ1) is 14.5. The molecule has 0 aliphatic heterocycles. The van der Waals surface area contributed by atoms with E-state index in [4.69, 9.17) is 4.74 Å². The minimum absolute atomic E-state index is 0.0435. The molecule has 0 aliphatic carbocycles. The Morgan fingerprint density at radius 2 is 1.42 bits per heavy atom. The number of anilines is 2. The van der Waals surface area contributed by atoms with Crippen LogP contribution in [-0.4, -0.2) is 33.9 Å². The summed E-state index contributed by atoms with van der Waals surface area (Å²) in [4.78, 5) is 7.81. The summed E-state index contributed by atoms with van der Waals surface area (Å²) < 4.78 is 60.7. The summed E-state index contributed by atoms with van der Waals surface area (Å²) in [5.74, 6) is 0.251. The first kappa shape index (κ1) is 22.5. The Kier molecular flexibility index (Phi) is 6.18. The number of benzene rings is 2. The Balaban J connectivity index is 1.83. The number of nitrogens with one attached hydrogen (secondary N) is 2. The normalized spacial score (nSPS) is 11.7. The van der Waals surface area contributed by atoms with Gasteiger partial charge in [0, 0.05) is 11.8 Å². The summed E-state index contributed by atoms with van der Waals surface area (Å²) in [6.45, 7) is 5.37. The number of rotatable bonds is 7. The van der Waals surface area contributed by atoms with Gasteiger partial charge in [0.2, 0.25) is 5.88 Å². The Labute approximate surface area is 181 Å². The van der Waals surface area contributed by atoms with Crippen LogP contribution in [0.5, 0.6) is 5.88 Å². The molecule has 2 N–H and O–H groups in total. The average Bonchev–Trinajstić information content (AvgIpc) is 2.66. The molecule has 0 fully saturated rings. The number of hydrogen-bond acceptors (Lipinski definition) is 7. The van der Waals surface area contributed by atoms with Crippen molar-refractivity contribution in [2.24, 2.45) is 0 Å². The highest BCUT2D eigenvalue weighted by atomic mass is 32.2. The topological polar surface area (TPSA) is 127 Å². The third-order valence-electron chi connectivity index (χ3n) is 4.38. The first-order valence-corrected chi connectivity index (χ1v) is 12.1. The van der Waals surface area contributed by atoms with Crippen molar-refractivity contribution < 1.29 is 21.6 Å². The van der Waals surface area contributed by atoms with Gasteiger partial charge in [-0.3, -0.25) is 9.44 Å². The summed E-state index contributed by atoms with van der Waals surface area (Å²) in [5, 5.41) is 0. The molecule has 0 unspecified atom stereocenters. The maximum atomic E-state index is 12.9. The Hall–Kier alpha value is -3.18. The molecule has 0 amide bonds. The minimum atomic E-state index is -3.94. The molecule has 1 heterocycles. The van der Waals surface area contributed by atoms with Crippen LogP contribution in [0.25, 0.3) is 0 Å². The molecule has 3 aromatic rings. The van der Waals surface area contributed by atoms with Crippen molar-refractivity contribution in [2.75, 3.05) is 16.6 Å². The molecule has 164 valence electrons. The zero-order valence-electron chi connectivity index (χ0n) is 17.4. The van der Waals surface area contributed by atoms with Gasteiger partial charge in [0.05, 0.1) is 16.9 Å². The third-order valence-corrected chi connectivity index (χ3v) is 7.44. The standard InChI is InChI=1S/C20H22N4O5S2/c1-13-9-14(2)20(15(3)10-13)31(27,28)23-16-5-7-17(8-6-16)30(25,26)24-18-11-19(29-4)22-12-21-18/h5-12,23H,1-4H3,(H,21,22,24). The van der Waals surface area contributed by atoms with E-state index in [9.17, 15) is 16.8 Å². The number of methoxy groups -OCH3 is 1. The van der Waals surface area contributed by atoms with Crippen molar-refractivity contribution >= 4 is 31.6 Å². The van der Waals surface area contributed by atoms with Crippen molar-refractivity contribution in [1.29, 1.82) is 0 Å². The van der Waals surface area contributed by atoms with E-state index < -0.39 is 20.0 Å². The monoisotopic (exact) mass is 462 g/mol. The molecule has 31 heavy (non-hydrogen) atoms. The second-order valence-electron chi connectivity index (χ2n) is 6.91. The minimum Gasteiger partial charge on any atom is -0.481 e. The predicted octanol–water partition coefficient (Wildman–Crippen LogP) is 3.01.